The number of piperidine rings is 1. The Morgan fingerprint density at radius 3 is 2.80 bits per heavy atom. The Labute approximate surface area is 119 Å². The van der Waals surface area contributed by atoms with Crippen LogP contribution in [0.3, 0.4) is 0 Å². The number of likely N-dealkylation sites (N-methyl/N-ethyl adjacent to an activating group) is 1. The third kappa shape index (κ3) is 2.58. The number of ether oxygens (including phenoxy) is 2. The second-order valence-corrected chi connectivity index (χ2v) is 5.79. The number of benzene rings is 1. The number of rotatable bonds is 2. The Kier molecular flexibility index (Phi) is 3.76. The lowest BCUT2D eigenvalue weighted by Crippen LogP contribution is -2.59. The Morgan fingerprint density at radius 1 is 1.30 bits per heavy atom. The van der Waals surface area contributed by atoms with Crippen LogP contribution in [-0.4, -0.2) is 48.8 Å². The van der Waals surface area contributed by atoms with E-state index < -0.39 is 0 Å². The summed E-state index contributed by atoms with van der Waals surface area (Å²) in [7, 11) is 2.14. The van der Waals surface area contributed by atoms with Crippen molar-refractivity contribution in [1.82, 2.24) is 4.90 Å². The summed E-state index contributed by atoms with van der Waals surface area (Å²) in [6.45, 7) is 2.83. The van der Waals surface area contributed by atoms with Gasteiger partial charge in [-0.1, -0.05) is 18.2 Å². The van der Waals surface area contributed by atoms with Crippen LogP contribution in [0, 0.1) is 0 Å². The molecule has 1 aromatic rings. The van der Waals surface area contributed by atoms with Crippen molar-refractivity contribution in [2.45, 2.75) is 44.1 Å². The lowest BCUT2D eigenvalue weighted by molar-refractivity contribution is -0.132. The van der Waals surface area contributed by atoms with Gasteiger partial charge in [-0.2, -0.15) is 0 Å². The van der Waals surface area contributed by atoms with Gasteiger partial charge in [-0.15, -0.1) is 0 Å². The highest BCUT2D eigenvalue weighted by atomic mass is 16.5. The standard InChI is InChI=1S/C16H21NO3/c1-11-15-9-14(8-13(10-19-11)17(15)2)20-16(18)12-6-4-3-5-7-12/h3-7,11,13-15H,8-10H2,1-2H3/t11-,13?,14?,15?/m0/s1. The van der Waals surface area contributed by atoms with E-state index in [4.69, 9.17) is 9.47 Å². The fraction of sp³-hybridized carbons (Fsp3) is 0.562. The van der Waals surface area contributed by atoms with Gasteiger partial charge in [0.2, 0.25) is 0 Å². The van der Waals surface area contributed by atoms with Crippen LogP contribution in [0.15, 0.2) is 30.3 Å². The molecule has 2 heterocycles. The van der Waals surface area contributed by atoms with Gasteiger partial charge < -0.3 is 9.47 Å². The number of esters is 1. The van der Waals surface area contributed by atoms with E-state index in [0.717, 1.165) is 19.4 Å². The van der Waals surface area contributed by atoms with Gasteiger partial charge in [0.1, 0.15) is 6.10 Å². The predicted octanol–water partition coefficient (Wildman–Crippen LogP) is 2.09. The summed E-state index contributed by atoms with van der Waals surface area (Å²) >= 11 is 0. The molecule has 2 saturated heterocycles. The summed E-state index contributed by atoms with van der Waals surface area (Å²) in [6.07, 6.45) is 1.92. The van der Waals surface area contributed by atoms with Crippen LogP contribution in [0.2, 0.25) is 0 Å². The fourth-order valence-electron chi connectivity index (χ4n) is 3.24. The van der Waals surface area contributed by atoms with Gasteiger partial charge in [0.25, 0.3) is 0 Å². The topological polar surface area (TPSA) is 38.8 Å². The molecule has 3 rings (SSSR count). The molecule has 20 heavy (non-hydrogen) atoms. The molecule has 0 N–H and O–H groups in total. The summed E-state index contributed by atoms with van der Waals surface area (Å²) in [5, 5.41) is 0. The van der Waals surface area contributed by atoms with E-state index in [1.807, 2.05) is 18.2 Å². The molecule has 2 bridgehead atoms. The number of hydrogen-bond donors (Lipinski definition) is 0. The molecule has 4 heteroatoms. The zero-order valence-electron chi connectivity index (χ0n) is 12.0. The number of hydrogen-bond acceptors (Lipinski definition) is 4. The van der Waals surface area contributed by atoms with Crippen molar-refractivity contribution < 1.29 is 14.3 Å². The van der Waals surface area contributed by atoms with E-state index in [1.54, 1.807) is 12.1 Å². The van der Waals surface area contributed by atoms with Gasteiger partial charge in [0, 0.05) is 24.9 Å². The molecule has 2 fully saturated rings. The maximum Gasteiger partial charge on any atom is 0.338 e. The highest BCUT2D eigenvalue weighted by molar-refractivity contribution is 5.89. The van der Waals surface area contributed by atoms with E-state index in [9.17, 15) is 4.79 Å². The SMILES string of the molecule is C[C@@H]1OCC2CC(OC(=O)c3ccccc3)CC1N2C. The zero-order chi connectivity index (χ0) is 14.1. The lowest BCUT2D eigenvalue weighted by Gasteiger charge is -2.49. The van der Waals surface area contributed by atoms with E-state index in [-0.39, 0.29) is 18.2 Å². The molecule has 2 aliphatic heterocycles. The molecule has 0 aliphatic carbocycles. The molecule has 0 radical (unpaired) electrons. The maximum atomic E-state index is 12.1. The normalized spacial score (nSPS) is 33.7. The third-order valence-electron chi connectivity index (χ3n) is 4.51. The quantitative estimate of drug-likeness (QED) is 0.775. The first-order chi connectivity index (χ1) is 9.65. The van der Waals surface area contributed by atoms with Crippen molar-refractivity contribution in [3.63, 3.8) is 0 Å². The van der Waals surface area contributed by atoms with Gasteiger partial charge in [0.15, 0.2) is 0 Å². The minimum absolute atomic E-state index is 0.000237. The van der Waals surface area contributed by atoms with Crippen LogP contribution < -0.4 is 0 Å². The van der Waals surface area contributed by atoms with Crippen molar-refractivity contribution in [3.05, 3.63) is 35.9 Å². The van der Waals surface area contributed by atoms with Gasteiger partial charge in [0.05, 0.1) is 18.3 Å². The van der Waals surface area contributed by atoms with Crippen LogP contribution in [0.4, 0.5) is 0 Å². The molecule has 4 atom stereocenters. The van der Waals surface area contributed by atoms with E-state index >= 15 is 0 Å². The van der Waals surface area contributed by atoms with Gasteiger partial charge >= 0.3 is 5.97 Å². The minimum Gasteiger partial charge on any atom is -0.459 e. The van der Waals surface area contributed by atoms with Gasteiger partial charge in [-0.05, 0) is 26.1 Å². The van der Waals surface area contributed by atoms with Crippen LogP contribution in [0.25, 0.3) is 0 Å². The third-order valence-corrected chi connectivity index (χ3v) is 4.51. The highest BCUT2D eigenvalue weighted by Crippen LogP contribution is 2.31. The van der Waals surface area contributed by atoms with Crippen LogP contribution in [0.1, 0.15) is 30.1 Å². The van der Waals surface area contributed by atoms with Crippen LogP contribution in [-0.2, 0) is 9.47 Å². The Morgan fingerprint density at radius 2 is 2.05 bits per heavy atom. The predicted molar refractivity (Wildman–Crippen MR) is 75.6 cm³/mol. The molecule has 0 amide bonds. The first-order valence-electron chi connectivity index (χ1n) is 7.24. The molecule has 0 spiro atoms. The first kappa shape index (κ1) is 13.6. The van der Waals surface area contributed by atoms with Crippen molar-refractivity contribution in [1.29, 1.82) is 0 Å². The summed E-state index contributed by atoms with van der Waals surface area (Å²) in [4.78, 5) is 14.5. The van der Waals surface area contributed by atoms with Crippen molar-refractivity contribution in [2.75, 3.05) is 13.7 Å². The number of fused-ring (bicyclic) bond motifs is 2. The molecule has 0 aromatic heterocycles. The Hall–Kier alpha value is -1.39. The molecule has 4 nitrogen and oxygen atoms in total. The molecule has 1 aromatic carbocycles. The second kappa shape index (κ2) is 5.54. The van der Waals surface area contributed by atoms with E-state index in [1.165, 1.54) is 0 Å². The summed E-state index contributed by atoms with van der Waals surface area (Å²) in [6, 6.07) is 9.91. The second-order valence-electron chi connectivity index (χ2n) is 5.79. The monoisotopic (exact) mass is 275 g/mol. The van der Waals surface area contributed by atoms with Gasteiger partial charge in [-0.25, -0.2) is 4.79 Å². The average molecular weight is 275 g/mol. The molecular weight excluding hydrogens is 254 g/mol. The van der Waals surface area contributed by atoms with Crippen LogP contribution >= 0.6 is 0 Å². The molecule has 3 unspecified atom stereocenters. The summed E-state index contributed by atoms with van der Waals surface area (Å²) in [5.41, 5.74) is 0.626. The van der Waals surface area contributed by atoms with Crippen molar-refractivity contribution in [2.24, 2.45) is 0 Å². The lowest BCUT2D eigenvalue weighted by atomic mass is 9.89. The molecule has 108 valence electrons. The van der Waals surface area contributed by atoms with Crippen molar-refractivity contribution >= 4 is 5.97 Å². The maximum absolute atomic E-state index is 12.1. The number of nitrogens with zero attached hydrogens (tertiary/aromatic N) is 1. The summed E-state index contributed by atoms with van der Waals surface area (Å²) in [5.74, 6) is -0.216. The largest absolute Gasteiger partial charge is 0.459 e. The number of morpholine rings is 1. The minimum atomic E-state index is -0.216. The van der Waals surface area contributed by atoms with E-state index in [0.29, 0.717) is 17.6 Å². The number of carbonyl (C=O) groups excluding carboxylic acids is 1. The smallest absolute Gasteiger partial charge is 0.338 e. The van der Waals surface area contributed by atoms with Crippen molar-refractivity contribution in [3.8, 4) is 0 Å². The summed E-state index contributed by atoms with van der Waals surface area (Å²) < 4.78 is 11.5. The fourth-order valence-corrected chi connectivity index (χ4v) is 3.24. The van der Waals surface area contributed by atoms with E-state index in [2.05, 4.69) is 18.9 Å². The molecule has 0 saturated carbocycles. The Bertz CT molecular complexity index is 476. The van der Waals surface area contributed by atoms with Gasteiger partial charge in [-0.3, -0.25) is 4.90 Å². The Balaban J connectivity index is 1.66. The molecule has 2 aliphatic rings. The molecular formula is C16H21NO3. The van der Waals surface area contributed by atoms with Crippen LogP contribution in [0.5, 0.6) is 0 Å². The number of carbonyl (C=O) groups is 1. The first-order valence-corrected chi connectivity index (χ1v) is 7.24. The average Bonchev–Trinajstić information content (AvgIpc) is 2.46. The highest BCUT2D eigenvalue weighted by Gasteiger charge is 2.41. The zero-order valence-corrected chi connectivity index (χ0v) is 12.0.